The first-order valence-electron chi connectivity index (χ1n) is 8.59. The van der Waals surface area contributed by atoms with Gasteiger partial charge in [0.2, 0.25) is 15.9 Å². The van der Waals surface area contributed by atoms with Crippen molar-refractivity contribution in [2.75, 3.05) is 13.1 Å². The monoisotopic (exact) mass is 378 g/mol. The fourth-order valence-electron chi connectivity index (χ4n) is 2.69. The fourth-order valence-corrected chi connectivity index (χ4v) is 3.94. The molecule has 0 unspecified atom stereocenters. The first kappa shape index (κ1) is 20.1. The van der Waals surface area contributed by atoms with E-state index in [-0.39, 0.29) is 23.8 Å². The van der Waals surface area contributed by atoms with Gasteiger partial charge in [-0.2, -0.15) is 5.10 Å². The molecule has 0 aliphatic rings. The van der Waals surface area contributed by atoms with E-state index in [0.29, 0.717) is 12.1 Å². The van der Waals surface area contributed by atoms with Crippen molar-refractivity contribution in [3.8, 4) is 0 Å². The molecule has 2 aromatic rings. The van der Waals surface area contributed by atoms with Crippen LogP contribution in [0.2, 0.25) is 0 Å². The average molecular weight is 378 g/mol. The first-order valence-corrected chi connectivity index (χ1v) is 10.1. The lowest BCUT2D eigenvalue weighted by Crippen LogP contribution is -2.31. The predicted octanol–water partition coefficient (Wildman–Crippen LogP) is 1.45. The maximum absolute atomic E-state index is 12.3. The highest BCUT2D eigenvalue weighted by atomic mass is 32.2. The maximum Gasteiger partial charge on any atom is 0.240 e. The summed E-state index contributed by atoms with van der Waals surface area (Å²) in [5, 5.41) is 6.90. The zero-order valence-electron chi connectivity index (χ0n) is 15.4. The molecule has 0 radical (unpaired) electrons. The molecule has 1 aromatic heterocycles. The molecular weight excluding hydrogens is 352 g/mol. The highest BCUT2D eigenvalue weighted by Gasteiger charge is 2.16. The smallest absolute Gasteiger partial charge is 0.240 e. The Kier molecular flexibility index (Phi) is 6.93. The highest BCUT2D eigenvalue weighted by Crippen LogP contribution is 2.16. The molecule has 0 atom stereocenters. The van der Waals surface area contributed by atoms with Gasteiger partial charge in [-0.3, -0.25) is 9.48 Å². The summed E-state index contributed by atoms with van der Waals surface area (Å²) in [6, 6.07) is 5.17. The largest absolute Gasteiger partial charge is 0.356 e. The molecular formula is C18H26N4O3S. The topological polar surface area (TPSA) is 93.1 Å². The van der Waals surface area contributed by atoms with Gasteiger partial charge in [-0.15, -0.1) is 0 Å². The van der Waals surface area contributed by atoms with Crippen LogP contribution in [-0.4, -0.2) is 37.2 Å². The third kappa shape index (κ3) is 5.96. The Labute approximate surface area is 154 Å². The van der Waals surface area contributed by atoms with Crippen LogP contribution < -0.4 is 10.0 Å². The van der Waals surface area contributed by atoms with Crippen LogP contribution in [0.5, 0.6) is 0 Å². The van der Waals surface area contributed by atoms with Gasteiger partial charge in [0.15, 0.2) is 0 Å². The summed E-state index contributed by atoms with van der Waals surface area (Å²) in [7, 11) is -1.74. The molecule has 1 heterocycles. The number of carbonyl (C=O) groups is 1. The second-order valence-corrected chi connectivity index (χ2v) is 8.13. The second kappa shape index (κ2) is 8.95. The lowest BCUT2D eigenvalue weighted by molar-refractivity contribution is -0.120. The first-order chi connectivity index (χ1) is 12.3. The Morgan fingerprint density at radius 1 is 1.23 bits per heavy atom. The van der Waals surface area contributed by atoms with E-state index in [0.717, 1.165) is 24.0 Å². The third-order valence-electron chi connectivity index (χ3n) is 3.99. The molecule has 0 fully saturated rings. The van der Waals surface area contributed by atoms with Crippen LogP contribution in [0.4, 0.5) is 0 Å². The lowest BCUT2D eigenvalue weighted by atomic mass is 10.2. The van der Waals surface area contributed by atoms with Gasteiger partial charge in [0.05, 0.1) is 11.1 Å². The van der Waals surface area contributed by atoms with E-state index in [2.05, 4.69) is 15.1 Å². The molecule has 26 heavy (non-hydrogen) atoms. The number of aromatic nitrogens is 2. The molecule has 0 aliphatic carbocycles. The van der Waals surface area contributed by atoms with Crippen molar-refractivity contribution < 1.29 is 13.2 Å². The molecule has 0 saturated heterocycles. The molecule has 1 aromatic carbocycles. The van der Waals surface area contributed by atoms with Crippen LogP contribution in [-0.2, 0) is 28.3 Å². The molecule has 2 rings (SSSR count). The quantitative estimate of drug-likeness (QED) is 0.646. The van der Waals surface area contributed by atoms with Crippen LogP contribution in [0.1, 0.15) is 29.5 Å². The fraction of sp³-hybridized carbons (Fsp3) is 0.444. The van der Waals surface area contributed by atoms with Gasteiger partial charge < -0.3 is 5.32 Å². The van der Waals surface area contributed by atoms with Crippen LogP contribution >= 0.6 is 0 Å². The minimum atomic E-state index is -3.60. The van der Waals surface area contributed by atoms with Gasteiger partial charge in [-0.1, -0.05) is 17.7 Å². The van der Waals surface area contributed by atoms with E-state index >= 15 is 0 Å². The van der Waals surface area contributed by atoms with E-state index in [9.17, 15) is 13.2 Å². The van der Waals surface area contributed by atoms with Crippen LogP contribution in [0.3, 0.4) is 0 Å². The molecule has 2 N–H and O–H groups in total. The Bertz CT molecular complexity index is 859. The van der Waals surface area contributed by atoms with Crippen molar-refractivity contribution in [2.24, 2.45) is 7.05 Å². The number of nitrogens with one attached hydrogen (secondary N) is 2. The zero-order valence-corrected chi connectivity index (χ0v) is 16.3. The normalized spacial score (nSPS) is 11.5. The van der Waals surface area contributed by atoms with E-state index in [1.165, 1.54) is 0 Å². The van der Waals surface area contributed by atoms with Gasteiger partial charge in [0.1, 0.15) is 0 Å². The van der Waals surface area contributed by atoms with Crippen LogP contribution in [0.15, 0.2) is 35.5 Å². The van der Waals surface area contributed by atoms with Crippen molar-refractivity contribution in [3.05, 3.63) is 47.3 Å². The van der Waals surface area contributed by atoms with Crippen molar-refractivity contribution >= 4 is 15.9 Å². The number of nitrogens with zero attached hydrogens (tertiary/aromatic N) is 2. The van der Waals surface area contributed by atoms with Gasteiger partial charge in [-0.25, -0.2) is 13.1 Å². The second-order valence-electron chi connectivity index (χ2n) is 6.39. The Balaban J connectivity index is 1.70. The van der Waals surface area contributed by atoms with Crippen molar-refractivity contribution in [2.45, 2.75) is 38.0 Å². The number of benzene rings is 1. The number of sulfonamides is 1. The number of aryl methyl sites for hydroxylation is 4. The Morgan fingerprint density at radius 2 is 2.00 bits per heavy atom. The van der Waals surface area contributed by atoms with Crippen molar-refractivity contribution in [3.63, 3.8) is 0 Å². The summed E-state index contributed by atoms with van der Waals surface area (Å²) in [6.07, 6.45) is 5.52. The Hall–Kier alpha value is -2.19. The average Bonchev–Trinajstić information content (AvgIpc) is 2.96. The molecule has 1 amide bonds. The maximum atomic E-state index is 12.3. The number of carbonyl (C=O) groups excluding carboxylic acids is 1. The van der Waals surface area contributed by atoms with E-state index < -0.39 is 10.0 Å². The molecule has 0 aliphatic heterocycles. The summed E-state index contributed by atoms with van der Waals surface area (Å²) < 4.78 is 28.9. The lowest BCUT2D eigenvalue weighted by Gasteiger charge is -2.10. The van der Waals surface area contributed by atoms with Crippen LogP contribution in [0, 0.1) is 13.8 Å². The van der Waals surface area contributed by atoms with Gasteiger partial charge in [-0.05, 0) is 43.9 Å². The van der Waals surface area contributed by atoms with Crippen molar-refractivity contribution in [1.29, 1.82) is 0 Å². The third-order valence-corrected chi connectivity index (χ3v) is 5.61. The van der Waals surface area contributed by atoms with Gasteiger partial charge in [0.25, 0.3) is 0 Å². The SMILES string of the molecule is Cc1ccc(S(=O)(=O)NCCC(=O)NCCCc2cnn(C)c2)c(C)c1. The minimum absolute atomic E-state index is 0.0735. The molecule has 8 heteroatoms. The number of rotatable bonds is 9. The van der Waals surface area contributed by atoms with E-state index in [1.807, 2.05) is 32.4 Å². The minimum Gasteiger partial charge on any atom is -0.356 e. The number of amides is 1. The van der Waals surface area contributed by atoms with E-state index in [1.54, 1.807) is 23.7 Å². The number of hydrogen-bond acceptors (Lipinski definition) is 4. The summed E-state index contributed by atoms with van der Waals surface area (Å²) in [6.45, 7) is 4.30. The van der Waals surface area contributed by atoms with Gasteiger partial charge >= 0.3 is 0 Å². The summed E-state index contributed by atoms with van der Waals surface area (Å²) in [4.78, 5) is 12.1. The van der Waals surface area contributed by atoms with Crippen LogP contribution in [0.25, 0.3) is 0 Å². The molecule has 7 nitrogen and oxygen atoms in total. The standard InChI is InChI=1S/C18H26N4O3S/c1-14-6-7-17(15(2)11-14)26(24,25)21-10-8-18(23)19-9-4-5-16-12-20-22(3)13-16/h6-7,11-13,21H,4-5,8-10H2,1-3H3,(H,19,23). The summed E-state index contributed by atoms with van der Waals surface area (Å²) >= 11 is 0. The summed E-state index contributed by atoms with van der Waals surface area (Å²) in [5.74, 6) is -0.167. The van der Waals surface area contributed by atoms with E-state index in [4.69, 9.17) is 0 Å². The molecule has 142 valence electrons. The highest BCUT2D eigenvalue weighted by molar-refractivity contribution is 7.89. The zero-order chi connectivity index (χ0) is 19.2. The molecule has 0 bridgehead atoms. The number of hydrogen-bond donors (Lipinski definition) is 2. The van der Waals surface area contributed by atoms with Crippen molar-refractivity contribution in [1.82, 2.24) is 19.8 Å². The molecule has 0 saturated carbocycles. The molecule has 0 spiro atoms. The van der Waals surface area contributed by atoms with Gasteiger partial charge in [0, 0.05) is 32.8 Å². The predicted molar refractivity (Wildman–Crippen MR) is 100 cm³/mol. The Morgan fingerprint density at radius 3 is 2.65 bits per heavy atom. The summed E-state index contributed by atoms with van der Waals surface area (Å²) in [5.41, 5.74) is 2.83.